The van der Waals surface area contributed by atoms with Crippen LogP contribution in [0.1, 0.15) is 25.7 Å². The first-order chi connectivity index (χ1) is 15.5. The minimum absolute atomic E-state index is 0.00865. The number of benzene rings is 2. The minimum Gasteiger partial charge on any atom is -0.338 e. The molecule has 9 heteroatoms. The van der Waals surface area contributed by atoms with Crippen molar-refractivity contribution in [1.29, 1.82) is 0 Å². The summed E-state index contributed by atoms with van der Waals surface area (Å²) in [7, 11) is 0. The summed E-state index contributed by atoms with van der Waals surface area (Å²) in [6.45, 7) is 3.52. The van der Waals surface area contributed by atoms with Gasteiger partial charge < -0.3 is 15.2 Å². The van der Waals surface area contributed by atoms with Crippen molar-refractivity contribution in [3.8, 4) is 11.4 Å². The van der Waals surface area contributed by atoms with Gasteiger partial charge in [-0.05, 0) is 56.3 Å². The Morgan fingerprint density at radius 3 is 2.53 bits per heavy atom. The van der Waals surface area contributed by atoms with Gasteiger partial charge in [0.05, 0.1) is 6.54 Å². The van der Waals surface area contributed by atoms with Crippen LogP contribution in [0.25, 0.3) is 11.4 Å². The summed E-state index contributed by atoms with van der Waals surface area (Å²) < 4.78 is 5.40. The molecule has 1 saturated heterocycles. The molecule has 1 aliphatic rings. The molecule has 0 saturated carbocycles. The number of hydrogen-bond acceptors (Lipinski definition) is 6. The zero-order valence-corrected chi connectivity index (χ0v) is 18.4. The summed E-state index contributed by atoms with van der Waals surface area (Å²) in [5.41, 5.74) is 2.13. The second kappa shape index (κ2) is 9.93. The van der Waals surface area contributed by atoms with E-state index in [1.54, 1.807) is 30.3 Å². The first-order valence-corrected chi connectivity index (χ1v) is 10.8. The molecule has 8 nitrogen and oxygen atoms in total. The Morgan fingerprint density at radius 2 is 1.81 bits per heavy atom. The number of anilines is 2. The van der Waals surface area contributed by atoms with E-state index in [0.717, 1.165) is 31.5 Å². The van der Waals surface area contributed by atoms with Gasteiger partial charge in [-0.1, -0.05) is 35.0 Å². The predicted molar refractivity (Wildman–Crippen MR) is 122 cm³/mol. The molecule has 0 unspecified atom stereocenters. The van der Waals surface area contributed by atoms with Gasteiger partial charge in [-0.25, -0.2) is 0 Å². The summed E-state index contributed by atoms with van der Waals surface area (Å²) in [5.74, 6) is 0.823. The Hall–Kier alpha value is -3.23. The van der Waals surface area contributed by atoms with E-state index in [1.807, 2.05) is 18.2 Å². The number of aromatic nitrogens is 2. The fraction of sp³-hybridized carbons (Fsp3) is 0.304. The van der Waals surface area contributed by atoms with Crippen LogP contribution in [0, 0.1) is 5.92 Å². The topological polar surface area (TPSA) is 100 Å². The molecule has 0 aliphatic carbocycles. The molecule has 166 valence electrons. The zero-order chi connectivity index (χ0) is 22.5. The monoisotopic (exact) mass is 453 g/mol. The van der Waals surface area contributed by atoms with Gasteiger partial charge in [0.1, 0.15) is 0 Å². The Morgan fingerprint density at radius 1 is 1.09 bits per heavy atom. The molecule has 2 amide bonds. The lowest BCUT2D eigenvalue weighted by Gasteiger charge is -2.30. The van der Waals surface area contributed by atoms with Gasteiger partial charge in [0.2, 0.25) is 23.5 Å². The lowest BCUT2D eigenvalue weighted by atomic mass is 9.96. The van der Waals surface area contributed by atoms with E-state index in [0.29, 0.717) is 34.7 Å². The third-order valence-corrected chi connectivity index (χ3v) is 5.55. The molecular weight excluding hydrogens is 430 g/mol. The number of amides is 2. The van der Waals surface area contributed by atoms with Gasteiger partial charge in [-0.3, -0.25) is 14.5 Å². The van der Waals surface area contributed by atoms with Crippen LogP contribution in [0.5, 0.6) is 0 Å². The zero-order valence-electron chi connectivity index (χ0n) is 17.7. The van der Waals surface area contributed by atoms with E-state index in [-0.39, 0.29) is 17.7 Å². The highest BCUT2D eigenvalue weighted by Crippen LogP contribution is 2.24. The van der Waals surface area contributed by atoms with Crippen molar-refractivity contribution in [3.63, 3.8) is 0 Å². The maximum Gasteiger partial charge on any atom is 0.241 e. The molecule has 1 aliphatic heterocycles. The van der Waals surface area contributed by atoms with Crippen LogP contribution >= 0.6 is 11.6 Å². The molecule has 0 atom stereocenters. The van der Waals surface area contributed by atoms with Crippen molar-refractivity contribution in [3.05, 3.63) is 59.4 Å². The van der Waals surface area contributed by atoms with E-state index in [9.17, 15) is 9.59 Å². The average molecular weight is 454 g/mol. The van der Waals surface area contributed by atoms with Crippen molar-refractivity contribution in [2.24, 2.45) is 5.92 Å². The Kier molecular flexibility index (Phi) is 6.82. The number of piperidine rings is 1. The summed E-state index contributed by atoms with van der Waals surface area (Å²) >= 11 is 6.03. The highest BCUT2D eigenvalue weighted by molar-refractivity contribution is 6.30. The van der Waals surface area contributed by atoms with E-state index in [1.165, 1.54) is 6.92 Å². The van der Waals surface area contributed by atoms with Crippen LogP contribution in [0.3, 0.4) is 0 Å². The average Bonchev–Trinajstić information content (AvgIpc) is 3.22. The van der Waals surface area contributed by atoms with Crippen molar-refractivity contribution >= 4 is 34.8 Å². The first kappa shape index (κ1) is 22.0. The van der Waals surface area contributed by atoms with E-state index in [4.69, 9.17) is 16.1 Å². The summed E-state index contributed by atoms with van der Waals surface area (Å²) in [4.78, 5) is 30.6. The Labute approximate surface area is 190 Å². The van der Waals surface area contributed by atoms with E-state index in [2.05, 4.69) is 25.7 Å². The number of carbonyl (C=O) groups excluding carboxylic acids is 2. The standard InChI is InChI=1S/C23H24ClN5O3/c1-15(30)25-19-6-3-7-20(13-19)26-23(31)16-8-10-29(11-9-16)14-21-27-22(28-32-21)17-4-2-5-18(24)12-17/h2-7,12-13,16H,8-11,14H2,1H3,(H,25,30)(H,26,31). The molecule has 1 fully saturated rings. The lowest BCUT2D eigenvalue weighted by Crippen LogP contribution is -2.37. The smallest absolute Gasteiger partial charge is 0.241 e. The van der Waals surface area contributed by atoms with Crippen molar-refractivity contribution in [2.75, 3.05) is 23.7 Å². The van der Waals surface area contributed by atoms with Gasteiger partial charge in [0, 0.05) is 34.8 Å². The summed E-state index contributed by atoms with van der Waals surface area (Å²) in [5, 5.41) is 10.3. The van der Waals surface area contributed by atoms with E-state index < -0.39 is 0 Å². The van der Waals surface area contributed by atoms with E-state index >= 15 is 0 Å². The largest absolute Gasteiger partial charge is 0.338 e. The minimum atomic E-state index is -0.151. The molecule has 2 aromatic carbocycles. The second-order valence-corrected chi connectivity index (χ2v) is 8.26. The molecule has 0 bridgehead atoms. The molecule has 1 aromatic heterocycles. The quantitative estimate of drug-likeness (QED) is 0.580. The number of rotatable bonds is 6. The van der Waals surface area contributed by atoms with Crippen LogP contribution in [0.4, 0.5) is 11.4 Å². The molecule has 4 rings (SSSR count). The first-order valence-electron chi connectivity index (χ1n) is 10.5. The summed E-state index contributed by atoms with van der Waals surface area (Å²) in [6.07, 6.45) is 1.49. The van der Waals surface area contributed by atoms with Gasteiger partial charge in [0.15, 0.2) is 0 Å². The van der Waals surface area contributed by atoms with Crippen LogP contribution in [0.15, 0.2) is 53.1 Å². The maximum absolute atomic E-state index is 12.7. The molecule has 0 spiro atoms. The summed E-state index contributed by atoms with van der Waals surface area (Å²) in [6, 6.07) is 14.5. The van der Waals surface area contributed by atoms with Gasteiger partial charge in [0.25, 0.3) is 0 Å². The molecular formula is C23H24ClN5O3. The van der Waals surface area contributed by atoms with Gasteiger partial charge in [-0.2, -0.15) is 4.98 Å². The van der Waals surface area contributed by atoms with Crippen LogP contribution in [-0.2, 0) is 16.1 Å². The number of carbonyl (C=O) groups is 2. The third-order valence-electron chi connectivity index (χ3n) is 5.32. The molecule has 2 heterocycles. The van der Waals surface area contributed by atoms with Crippen LogP contribution in [0.2, 0.25) is 5.02 Å². The molecule has 3 aromatic rings. The van der Waals surface area contributed by atoms with Gasteiger partial charge in [-0.15, -0.1) is 0 Å². The number of hydrogen-bond donors (Lipinski definition) is 2. The Balaban J connectivity index is 1.28. The highest BCUT2D eigenvalue weighted by Gasteiger charge is 2.26. The Bertz CT molecular complexity index is 1110. The number of likely N-dealkylation sites (tertiary alicyclic amines) is 1. The normalized spacial score (nSPS) is 14.8. The fourth-order valence-electron chi connectivity index (χ4n) is 3.73. The van der Waals surface area contributed by atoms with Crippen LogP contribution in [-0.4, -0.2) is 39.9 Å². The van der Waals surface area contributed by atoms with Crippen LogP contribution < -0.4 is 10.6 Å². The second-order valence-electron chi connectivity index (χ2n) is 7.82. The maximum atomic E-state index is 12.7. The number of nitrogens with zero attached hydrogens (tertiary/aromatic N) is 3. The third kappa shape index (κ3) is 5.72. The predicted octanol–water partition coefficient (Wildman–Crippen LogP) is 4.20. The van der Waals surface area contributed by atoms with Crippen molar-refractivity contribution in [1.82, 2.24) is 15.0 Å². The fourth-order valence-corrected chi connectivity index (χ4v) is 3.92. The number of nitrogens with one attached hydrogen (secondary N) is 2. The molecule has 0 radical (unpaired) electrons. The van der Waals surface area contributed by atoms with Gasteiger partial charge >= 0.3 is 0 Å². The highest BCUT2D eigenvalue weighted by atomic mass is 35.5. The van der Waals surface area contributed by atoms with Crippen molar-refractivity contribution in [2.45, 2.75) is 26.3 Å². The number of halogens is 1. The molecule has 32 heavy (non-hydrogen) atoms. The molecule has 2 N–H and O–H groups in total. The van der Waals surface area contributed by atoms with Crippen molar-refractivity contribution < 1.29 is 14.1 Å². The SMILES string of the molecule is CC(=O)Nc1cccc(NC(=O)C2CCN(Cc3nc(-c4cccc(Cl)c4)no3)CC2)c1. The lowest BCUT2D eigenvalue weighted by molar-refractivity contribution is -0.121.